The molecule has 2 aromatic rings. The highest BCUT2D eigenvalue weighted by Gasteiger charge is 2.42. The SMILES string of the molecule is COc1cccc(CN2CCC[C@](O)(CNCc3ccc(C)o3)C2=O)c1OC. The van der Waals surface area contributed by atoms with Crippen molar-refractivity contribution in [3.8, 4) is 11.5 Å². The monoisotopic (exact) mass is 388 g/mol. The third-order valence-corrected chi connectivity index (χ3v) is 5.06. The number of furan rings is 1. The van der Waals surface area contributed by atoms with Crippen molar-refractivity contribution in [2.75, 3.05) is 27.3 Å². The molecule has 3 rings (SSSR count). The number of carbonyl (C=O) groups excluding carboxylic acids is 1. The number of likely N-dealkylation sites (tertiary alicyclic amines) is 1. The van der Waals surface area contributed by atoms with Crippen LogP contribution in [0.15, 0.2) is 34.7 Å². The molecule has 7 heteroatoms. The van der Waals surface area contributed by atoms with Gasteiger partial charge in [-0.05, 0) is 38.0 Å². The number of aliphatic hydroxyl groups is 1. The molecule has 152 valence electrons. The number of ether oxygens (including phenoxy) is 2. The lowest BCUT2D eigenvalue weighted by atomic mass is 9.91. The van der Waals surface area contributed by atoms with E-state index < -0.39 is 5.60 Å². The quantitative estimate of drug-likeness (QED) is 0.722. The molecule has 1 aromatic carbocycles. The van der Waals surface area contributed by atoms with Crippen molar-refractivity contribution in [3.63, 3.8) is 0 Å². The number of nitrogens with one attached hydrogen (secondary N) is 1. The molecule has 2 heterocycles. The van der Waals surface area contributed by atoms with Gasteiger partial charge in [-0.3, -0.25) is 4.79 Å². The molecule has 1 aliphatic rings. The molecule has 1 atom stereocenters. The fourth-order valence-corrected chi connectivity index (χ4v) is 3.64. The minimum absolute atomic E-state index is 0.178. The maximum absolute atomic E-state index is 13.0. The van der Waals surface area contributed by atoms with Gasteiger partial charge in [0.15, 0.2) is 17.1 Å². The average molecular weight is 388 g/mol. The van der Waals surface area contributed by atoms with Crippen LogP contribution < -0.4 is 14.8 Å². The number of para-hydroxylation sites is 1. The van der Waals surface area contributed by atoms with Crippen LogP contribution in [-0.4, -0.2) is 48.8 Å². The third kappa shape index (κ3) is 4.31. The van der Waals surface area contributed by atoms with Crippen molar-refractivity contribution in [2.24, 2.45) is 0 Å². The Kier molecular flexibility index (Phi) is 6.26. The zero-order valence-electron chi connectivity index (χ0n) is 16.7. The Labute approximate surface area is 165 Å². The molecule has 28 heavy (non-hydrogen) atoms. The Hall–Kier alpha value is -2.51. The van der Waals surface area contributed by atoms with Crippen molar-refractivity contribution in [1.29, 1.82) is 0 Å². The number of methoxy groups -OCH3 is 2. The van der Waals surface area contributed by atoms with E-state index in [1.807, 2.05) is 37.3 Å². The molecule has 2 N–H and O–H groups in total. The molecule has 0 spiro atoms. The second-order valence-electron chi connectivity index (χ2n) is 7.13. The summed E-state index contributed by atoms with van der Waals surface area (Å²) < 4.78 is 16.3. The molecule has 0 radical (unpaired) electrons. The lowest BCUT2D eigenvalue weighted by Crippen LogP contribution is -2.57. The summed E-state index contributed by atoms with van der Waals surface area (Å²) in [5.74, 6) is 2.57. The Morgan fingerprint density at radius 2 is 2.07 bits per heavy atom. The summed E-state index contributed by atoms with van der Waals surface area (Å²) in [5.41, 5.74) is -0.579. The summed E-state index contributed by atoms with van der Waals surface area (Å²) in [5, 5.41) is 14.1. The first-order chi connectivity index (χ1) is 13.5. The standard InChI is InChI=1S/C21H28N2O5/c1-15-8-9-17(28-15)12-22-14-21(25)10-5-11-23(20(21)24)13-16-6-4-7-18(26-2)19(16)27-3/h4,6-9,22,25H,5,10-14H2,1-3H3/t21-/m0/s1. The smallest absolute Gasteiger partial charge is 0.256 e. The van der Waals surface area contributed by atoms with Crippen LogP contribution in [0, 0.1) is 6.92 Å². The first-order valence-corrected chi connectivity index (χ1v) is 9.44. The number of piperidine rings is 1. The van der Waals surface area contributed by atoms with Gasteiger partial charge in [-0.2, -0.15) is 0 Å². The molecule has 1 amide bonds. The number of hydrogen-bond acceptors (Lipinski definition) is 6. The predicted molar refractivity (Wildman–Crippen MR) is 104 cm³/mol. The van der Waals surface area contributed by atoms with Gasteiger partial charge in [0.2, 0.25) is 0 Å². The van der Waals surface area contributed by atoms with Crippen LogP contribution in [0.2, 0.25) is 0 Å². The summed E-state index contributed by atoms with van der Waals surface area (Å²) in [7, 11) is 3.16. The van der Waals surface area contributed by atoms with Crippen molar-refractivity contribution >= 4 is 5.91 Å². The fourth-order valence-electron chi connectivity index (χ4n) is 3.64. The minimum Gasteiger partial charge on any atom is -0.493 e. The first kappa shape index (κ1) is 20.2. The molecule has 1 aliphatic heterocycles. The van der Waals surface area contributed by atoms with Gasteiger partial charge < -0.3 is 29.2 Å². The summed E-state index contributed by atoms with van der Waals surface area (Å²) in [6.07, 6.45) is 1.16. The van der Waals surface area contributed by atoms with E-state index in [2.05, 4.69) is 5.32 Å². The molecule has 0 unspecified atom stereocenters. The maximum atomic E-state index is 13.0. The summed E-state index contributed by atoms with van der Waals surface area (Å²) in [6.45, 7) is 3.48. The normalized spacial score (nSPS) is 19.7. The lowest BCUT2D eigenvalue weighted by Gasteiger charge is -2.38. The van der Waals surface area contributed by atoms with Crippen molar-refractivity contribution < 1.29 is 23.8 Å². The molecule has 0 aliphatic carbocycles. The van der Waals surface area contributed by atoms with Crippen LogP contribution in [0.5, 0.6) is 11.5 Å². The van der Waals surface area contributed by atoms with Gasteiger partial charge >= 0.3 is 0 Å². The molecule has 1 saturated heterocycles. The molecule has 1 aromatic heterocycles. The molecule has 7 nitrogen and oxygen atoms in total. The van der Waals surface area contributed by atoms with Gasteiger partial charge in [-0.15, -0.1) is 0 Å². The second kappa shape index (κ2) is 8.67. The first-order valence-electron chi connectivity index (χ1n) is 9.44. The van der Waals surface area contributed by atoms with Crippen molar-refractivity contribution in [3.05, 3.63) is 47.4 Å². The van der Waals surface area contributed by atoms with E-state index in [0.717, 1.165) is 23.5 Å². The topological polar surface area (TPSA) is 84.2 Å². The van der Waals surface area contributed by atoms with Gasteiger partial charge in [0.1, 0.15) is 11.5 Å². The van der Waals surface area contributed by atoms with E-state index in [1.54, 1.807) is 19.1 Å². The fraction of sp³-hybridized carbons (Fsp3) is 0.476. The Bertz CT molecular complexity index is 819. The largest absolute Gasteiger partial charge is 0.493 e. The summed E-state index contributed by atoms with van der Waals surface area (Å²) in [6, 6.07) is 9.36. The minimum atomic E-state index is -1.42. The van der Waals surface area contributed by atoms with E-state index in [-0.39, 0.29) is 12.5 Å². The highest BCUT2D eigenvalue weighted by atomic mass is 16.5. The highest BCUT2D eigenvalue weighted by Crippen LogP contribution is 2.33. The van der Waals surface area contributed by atoms with E-state index in [1.165, 1.54) is 0 Å². The number of amides is 1. The van der Waals surface area contributed by atoms with Gasteiger partial charge in [0.25, 0.3) is 5.91 Å². The Morgan fingerprint density at radius 1 is 1.25 bits per heavy atom. The van der Waals surface area contributed by atoms with Crippen LogP contribution in [0.4, 0.5) is 0 Å². The molecule has 0 bridgehead atoms. The number of aryl methyl sites for hydroxylation is 1. The van der Waals surface area contributed by atoms with Crippen molar-refractivity contribution in [2.45, 2.75) is 38.5 Å². The van der Waals surface area contributed by atoms with E-state index in [0.29, 0.717) is 37.6 Å². The molecule has 0 saturated carbocycles. The zero-order valence-corrected chi connectivity index (χ0v) is 16.7. The van der Waals surface area contributed by atoms with Crippen LogP contribution in [0.25, 0.3) is 0 Å². The van der Waals surface area contributed by atoms with Gasteiger partial charge in [0, 0.05) is 25.2 Å². The Balaban J connectivity index is 1.66. The van der Waals surface area contributed by atoms with E-state index >= 15 is 0 Å². The van der Waals surface area contributed by atoms with Gasteiger partial charge in [0.05, 0.1) is 20.8 Å². The lowest BCUT2D eigenvalue weighted by molar-refractivity contribution is -0.157. The predicted octanol–water partition coefficient (Wildman–Crippen LogP) is 2.25. The molecular formula is C21H28N2O5. The van der Waals surface area contributed by atoms with Crippen LogP contribution in [0.3, 0.4) is 0 Å². The maximum Gasteiger partial charge on any atom is 0.256 e. The van der Waals surface area contributed by atoms with Crippen LogP contribution in [0.1, 0.15) is 29.9 Å². The van der Waals surface area contributed by atoms with Crippen LogP contribution in [-0.2, 0) is 17.9 Å². The summed E-state index contributed by atoms with van der Waals surface area (Å²) >= 11 is 0. The van der Waals surface area contributed by atoms with Crippen molar-refractivity contribution in [1.82, 2.24) is 10.2 Å². The van der Waals surface area contributed by atoms with Gasteiger partial charge in [-0.25, -0.2) is 0 Å². The zero-order chi connectivity index (χ0) is 20.1. The average Bonchev–Trinajstić information content (AvgIpc) is 3.10. The van der Waals surface area contributed by atoms with Gasteiger partial charge in [-0.1, -0.05) is 12.1 Å². The highest BCUT2D eigenvalue weighted by molar-refractivity contribution is 5.86. The summed E-state index contributed by atoms with van der Waals surface area (Å²) in [4.78, 5) is 14.7. The Morgan fingerprint density at radius 3 is 2.75 bits per heavy atom. The number of hydrogen-bond donors (Lipinski definition) is 2. The third-order valence-electron chi connectivity index (χ3n) is 5.06. The number of nitrogens with zero attached hydrogens (tertiary/aromatic N) is 1. The number of benzene rings is 1. The molecule has 1 fully saturated rings. The molecular weight excluding hydrogens is 360 g/mol. The number of carbonyl (C=O) groups is 1. The van der Waals surface area contributed by atoms with E-state index in [9.17, 15) is 9.90 Å². The number of rotatable bonds is 8. The van der Waals surface area contributed by atoms with Crippen LogP contribution >= 0.6 is 0 Å². The van der Waals surface area contributed by atoms with E-state index in [4.69, 9.17) is 13.9 Å². The second-order valence-corrected chi connectivity index (χ2v) is 7.13.